The maximum Gasteiger partial charge on any atom is 0.275 e. The molecule has 0 saturated heterocycles. The SMILES string of the molecule is COc1cc(C(=O)NC(c2nc(C(=O)Nc3ccccc3Cc3ccccc3)cs2)C(C)C)cc(OC)c1OC. The van der Waals surface area contributed by atoms with E-state index in [1.165, 1.54) is 32.7 Å². The first kappa shape index (κ1) is 28.6. The molecule has 1 unspecified atom stereocenters. The number of anilines is 1. The van der Waals surface area contributed by atoms with Crippen LogP contribution in [0.3, 0.4) is 0 Å². The van der Waals surface area contributed by atoms with E-state index in [2.05, 4.69) is 27.8 Å². The van der Waals surface area contributed by atoms with Gasteiger partial charge >= 0.3 is 0 Å². The molecule has 0 saturated carbocycles. The van der Waals surface area contributed by atoms with Gasteiger partial charge in [0.05, 0.1) is 27.4 Å². The lowest BCUT2D eigenvalue weighted by Gasteiger charge is -2.21. The Morgan fingerprint density at radius 3 is 2.15 bits per heavy atom. The minimum Gasteiger partial charge on any atom is -0.493 e. The molecule has 1 heterocycles. The standard InChI is InChI=1S/C31H33N3O5S/c1-19(2)27(34-29(35)22-16-25(37-3)28(39-5)26(17-22)38-4)31-33-24(18-40-31)30(36)32-23-14-10-9-13-21(23)15-20-11-7-6-8-12-20/h6-14,16-19,27H,15H2,1-5H3,(H,32,36)(H,34,35). The van der Waals surface area contributed by atoms with Crippen molar-refractivity contribution in [2.24, 2.45) is 5.92 Å². The molecule has 0 bridgehead atoms. The number of amides is 2. The molecule has 208 valence electrons. The van der Waals surface area contributed by atoms with Gasteiger partial charge in [0.25, 0.3) is 11.8 Å². The van der Waals surface area contributed by atoms with Crippen LogP contribution in [0.2, 0.25) is 0 Å². The second-order valence-electron chi connectivity index (χ2n) is 9.45. The molecular formula is C31H33N3O5S. The van der Waals surface area contributed by atoms with Crippen molar-refractivity contribution in [3.05, 3.63) is 99.5 Å². The van der Waals surface area contributed by atoms with Gasteiger partial charge in [0.1, 0.15) is 10.7 Å². The Morgan fingerprint density at radius 2 is 1.52 bits per heavy atom. The average molecular weight is 560 g/mol. The third-order valence-electron chi connectivity index (χ3n) is 6.40. The van der Waals surface area contributed by atoms with Gasteiger partial charge in [0, 0.05) is 16.6 Å². The number of rotatable bonds is 11. The Morgan fingerprint density at radius 1 is 0.875 bits per heavy atom. The molecule has 0 aliphatic rings. The molecule has 0 radical (unpaired) electrons. The summed E-state index contributed by atoms with van der Waals surface area (Å²) in [6.45, 7) is 3.97. The van der Waals surface area contributed by atoms with Crippen LogP contribution in [-0.4, -0.2) is 38.1 Å². The summed E-state index contributed by atoms with van der Waals surface area (Å²) in [6, 6.07) is 20.6. The smallest absolute Gasteiger partial charge is 0.275 e. The van der Waals surface area contributed by atoms with E-state index in [-0.39, 0.29) is 17.7 Å². The number of benzene rings is 3. The molecule has 0 aliphatic carbocycles. The number of aromatic nitrogens is 1. The lowest BCUT2D eigenvalue weighted by Crippen LogP contribution is -2.32. The molecule has 4 rings (SSSR count). The highest BCUT2D eigenvalue weighted by Gasteiger charge is 2.25. The van der Waals surface area contributed by atoms with E-state index in [0.717, 1.165) is 16.8 Å². The third kappa shape index (κ3) is 6.60. The predicted octanol–water partition coefficient (Wildman–Crippen LogP) is 6.14. The van der Waals surface area contributed by atoms with Gasteiger partial charge in [-0.3, -0.25) is 9.59 Å². The van der Waals surface area contributed by atoms with Gasteiger partial charge in [-0.1, -0.05) is 62.4 Å². The fraction of sp³-hybridized carbons (Fsp3) is 0.258. The zero-order valence-electron chi connectivity index (χ0n) is 23.2. The average Bonchev–Trinajstić information content (AvgIpc) is 3.46. The number of hydrogen-bond donors (Lipinski definition) is 2. The number of thiazole rings is 1. The fourth-order valence-electron chi connectivity index (χ4n) is 4.28. The molecule has 2 amide bonds. The Balaban J connectivity index is 1.51. The van der Waals surface area contributed by atoms with Crippen molar-refractivity contribution in [3.63, 3.8) is 0 Å². The molecule has 1 atom stereocenters. The minimum atomic E-state index is -0.413. The van der Waals surface area contributed by atoms with Crippen LogP contribution in [0.5, 0.6) is 17.2 Å². The fourth-order valence-corrected chi connectivity index (χ4v) is 5.30. The zero-order valence-corrected chi connectivity index (χ0v) is 24.0. The molecule has 0 aliphatic heterocycles. The first-order valence-electron chi connectivity index (χ1n) is 12.8. The van der Waals surface area contributed by atoms with Crippen molar-refractivity contribution in [2.75, 3.05) is 26.6 Å². The summed E-state index contributed by atoms with van der Waals surface area (Å²) in [7, 11) is 4.50. The highest BCUT2D eigenvalue weighted by atomic mass is 32.1. The maximum absolute atomic E-state index is 13.3. The molecule has 9 heteroatoms. The van der Waals surface area contributed by atoms with E-state index in [4.69, 9.17) is 14.2 Å². The van der Waals surface area contributed by atoms with Gasteiger partial charge in [0.2, 0.25) is 5.75 Å². The lowest BCUT2D eigenvalue weighted by molar-refractivity contribution is 0.0924. The van der Waals surface area contributed by atoms with Crippen molar-refractivity contribution < 1.29 is 23.8 Å². The molecule has 0 spiro atoms. The first-order chi connectivity index (χ1) is 19.3. The summed E-state index contributed by atoms with van der Waals surface area (Å²) in [5.74, 6) is 0.556. The molecule has 40 heavy (non-hydrogen) atoms. The number of ether oxygens (including phenoxy) is 3. The van der Waals surface area contributed by atoms with Gasteiger partial charge in [-0.15, -0.1) is 11.3 Å². The van der Waals surface area contributed by atoms with Crippen LogP contribution in [0.25, 0.3) is 0 Å². The topological polar surface area (TPSA) is 98.8 Å². The van der Waals surface area contributed by atoms with Crippen LogP contribution in [0.1, 0.15) is 56.9 Å². The second-order valence-corrected chi connectivity index (χ2v) is 10.3. The van der Waals surface area contributed by atoms with E-state index in [1.807, 2.05) is 56.3 Å². The Labute approximate surface area is 238 Å². The van der Waals surface area contributed by atoms with Gasteiger partial charge < -0.3 is 24.8 Å². The molecule has 0 fully saturated rings. The predicted molar refractivity (Wildman–Crippen MR) is 157 cm³/mol. The van der Waals surface area contributed by atoms with Crippen LogP contribution in [0, 0.1) is 5.92 Å². The number of nitrogens with one attached hydrogen (secondary N) is 2. The Hall–Kier alpha value is -4.37. The van der Waals surface area contributed by atoms with Crippen molar-refractivity contribution in [2.45, 2.75) is 26.3 Å². The summed E-state index contributed by atoms with van der Waals surface area (Å²) in [6.07, 6.45) is 0.696. The van der Waals surface area contributed by atoms with E-state index in [1.54, 1.807) is 17.5 Å². The van der Waals surface area contributed by atoms with Crippen LogP contribution in [0.15, 0.2) is 72.1 Å². The number of carbonyl (C=O) groups is 2. The summed E-state index contributed by atoms with van der Waals surface area (Å²) in [4.78, 5) is 31.1. The van der Waals surface area contributed by atoms with E-state index >= 15 is 0 Å². The lowest BCUT2D eigenvalue weighted by atomic mass is 10.0. The Bertz CT molecular complexity index is 1440. The molecular weight excluding hydrogens is 526 g/mol. The zero-order chi connectivity index (χ0) is 28.6. The normalized spacial score (nSPS) is 11.6. The summed E-state index contributed by atoms with van der Waals surface area (Å²) < 4.78 is 16.1. The summed E-state index contributed by atoms with van der Waals surface area (Å²) in [5, 5.41) is 8.41. The third-order valence-corrected chi connectivity index (χ3v) is 7.33. The van der Waals surface area contributed by atoms with E-state index < -0.39 is 6.04 Å². The quantitative estimate of drug-likeness (QED) is 0.229. The van der Waals surface area contributed by atoms with Crippen LogP contribution >= 0.6 is 11.3 Å². The monoisotopic (exact) mass is 559 g/mol. The van der Waals surface area contributed by atoms with Crippen molar-refractivity contribution in [1.29, 1.82) is 0 Å². The number of nitrogens with zero attached hydrogens (tertiary/aromatic N) is 1. The molecule has 8 nitrogen and oxygen atoms in total. The highest BCUT2D eigenvalue weighted by molar-refractivity contribution is 7.10. The van der Waals surface area contributed by atoms with Crippen molar-refractivity contribution in [1.82, 2.24) is 10.3 Å². The van der Waals surface area contributed by atoms with Crippen molar-refractivity contribution in [3.8, 4) is 17.2 Å². The molecule has 4 aromatic rings. The molecule has 1 aromatic heterocycles. The van der Waals surface area contributed by atoms with Gasteiger partial charge in [-0.05, 0) is 41.7 Å². The molecule has 3 aromatic carbocycles. The van der Waals surface area contributed by atoms with Crippen LogP contribution < -0.4 is 24.8 Å². The number of hydrogen-bond acceptors (Lipinski definition) is 7. The minimum absolute atomic E-state index is 0.0136. The Kier molecular flexibility index (Phi) is 9.39. The van der Waals surface area contributed by atoms with Gasteiger partial charge in [0.15, 0.2) is 11.5 Å². The van der Waals surface area contributed by atoms with E-state index in [9.17, 15) is 9.59 Å². The van der Waals surface area contributed by atoms with Crippen molar-refractivity contribution >= 4 is 28.8 Å². The largest absolute Gasteiger partial charge is 0.493 e. The number of para-hydroxylation sites is 1. The first-order valence-corrected chi connectivity index (χ1v) is 13.7. The summed E-state index contributed by atoms with van der Waals surface area (Å²) in [5.41, 5.74) is 3.55. The molecule has 2 N–H and O–H groups in total. The maximum atomic E-state index is 13.3. The summed E-state index contributed by atoms with van der Waals surface area (Å²) >= 11 is 1.33. The van der Waals surface area contributed by atoms with E-state index in [0.29, 0.717) is 39.9 Å². The second kappa shape index (κ2) is 13.1. The number of methoxy groups -OCH3 is 3. The van der Waals surface area contributed by atoms with Gasteiger partial charge in [-0.2, -0.15) is 0 Å². The van der Waals surface area contributed by atoms with Gasteiger partial charge in [-0.25, -0.2) is 4.98 Å². The van der Waals surface area contributed by atoms with Crippen LogP contribution in [0.4, 0.5) is 5.69 Å². The highest BCUT2D eigenvalue weighted by Crippen LogP contribution is 2.38. The number of carbonyl (C=O) groups excluding carboxylic acids is 2. The van der Waals surface area contributed by atoms with Crippen LogP contribution in [-0.2, 0) is 6.42 Å².